The zero-order valence-electron chi connectivity index (χ0n) is 16.6. The third-order valence-electron chi connectivity index (χ3n) is 4.32. The van der Waals surface area contributed by atoms with Crippen molar-refractivity contribution in [1.29, 1.82) is 5.26 Å². The van der Waals surface area contributed by atoms with E-state index >= 15 is 0 Å². The highest BCUT2D eigenvalue weighted by Gasteiger charge is 2.37. The third-order valence-corrected chi connectivity index (χ3v) is 6.75. The number of hydrogen-bond acceptors (Lipinski definition) is 12. The Bertz CT molecular complexity index is 941. The number of rotatable bonds is 6. The van der Waals surface area contributed by atoms with Gasteiger partial charge in [0.05, 0.1) is 25.0 Å². The van der Waals surface area contributed by atoms with Crippen LogP contribution in [0.1, 0.15) is 10.7 Å². The first kappa shape index (κ1) is 23.9. The van der Waals surface area contributed by atoms with Crippen molar-refractivity contribution >= 4 is 44.7 Å². The average molecular weight is 528 g/mol. The molecule has 13 heteroatoms. The summed E-state index contributed by atoms with van der Waals surface area (Å²) in [6.45, 7) is 0.401. The molecule has 2 aromatic rings. The van der Waals surface area contributed by atoms with E-state index in [1.54, 1.807) is 31.8 Å². The second-order valence-electron chi connectivity index (χ2n) is 6.45. The van der Waals surface area contributed by atoms with Crippen LogP contribution in [0.3, 0.4) is 0 Å². The molecule has 1 aliphatic rings. The molecule has 0 amide bonds. The van der Waals surface area contributed by atoms with Crippen LogP contribution < -0.4 is 17.3 Å². The van der Waals surface area contributed by atoms with Gasteiger partial charge < -0.3 is 30.7 Å². The minimum Gasteiger partial charge on any atom is -0.395 e. The van der Waals surface area contributed by atoms with Crippen LogP contribution in [-0.4, -0.2) is 59.1 Å². The standard InChI is InChI=1S/C18H22BrN7O3S2/c1-27-16-13(26(23)7-11(21)17-24-2-3-30-17)8-28-9-15(22)29-18(16)31-14-4-10(19)6-25-12(14)5-20/h2-4,6-7,13,15-16,18H,8-9,21-23H2,1H3/b11-7-/t13-,15?,16?,18?/m1/s1. The van der Waals surface area contributed by atoms with E-state index in [0.717, 1.165) is 4.47 Å². The van der Waals surface area contributed by atoms with E-state index in [4.69, 9.17) is 31.5 Å². The highest BCUT2D eigenvalue weighted by atomic mass is 79.9. The van der Waals surface area contributed by atoms with Crippen LogP contribution in [0.15, 0.2) is 39.4 Å². The normalized spacial score (nSPS) is 24.8. The molecule has 0 aromatic carbocycles. The number of nitriles is 1. The molecule has 1 saturated heterocycles. The molecule has 1 aliphatic heterocycles. The van der Waals surface area contributed by atoms with Crippen molar-refractivity contribution < 1.29 is 14.2 Å². The highest BCUT2D eigenvalue weighted by Crippen LogP contribution is 2.34. The lowest BCUT2D eigenvalue weighted by Gasteiger charge is -2.39. The Morgan fingerprint density at radius 3 is 2.97 bits per heavy atom. The number of nitrogens with two attached hydrogens (primary N) is 3. The van der Waals surface area contributed by atoms with Gasteiger partial charge in [-0.15, -0.1) is 11.3 Å². The molecular formula is C18H22BrN7O3S2. The molecular weight excluding hydrogens is 506 g/mol. The first-order valence-electron chi connectivity index (χ1n) is 9.07. The number of hydrogen-bond donors (Lipinski definition) is 3. The molecule has 3 unspecified atom stereocenters. The maximum Gasteiger partial charge on any atom is 0.154 e. The first-order chi connectivity index (χ1) is 14.9. The monoisotopic (exact) mass is 527 g/mol. The van der Waals surface area contributed by atoms with Gasteiger partial charge in [-0.2, -0.15) is 5.26 Å². The van der Waals surface area contributed by atoms with Gasteiger partial charge >= 0.3 is 0 Å². The molecule has 0 saturated carbocycles. The van der Waals surface area contributed by atoms with Crippen LogP contribution >= 0.6 is 39.0 Å². The van der Waals surface area contributed by atoms with Crippen LogP contribution in [-0.2, 0) is 14.2 Å². The number of methoxy groups -OCH3 is 1. The molecule has 0 aliphatic carbocycles. The summed E-state index contributed by atoms with van der Waals surface area (Å²) in [5.41, 5.74) is 12.3. The summed E-state index contributed by atoms with van der Waals surface area (Å²) in [6, 6.07) is 3.42. The summed E-state index contributed by atoms with van der Waals surface area (Å²) >= 11 is 6.08. The van der Waals surface area contributed by atoms with Gasteiger partial charge in [0.2, 0.25) is 0 Å². The fourth-order valence-electron chi connectivity index (χ4n) is 2.89. The predicted molar refractivity (Wildman–Crippen MR) is 121 cm³/mol. The van der Waals surface area contributed by atoms with E-state index in [0.29, 0.717) is 15.6 Å². The number of thiazole rings is 1. The number of halogens is 1. The Balaban J connectivity index is 1.89. The second kappa shape index (κ2) is 11.2. The summed E-state index contributed by atoms with van der Waals surface area (Å²) in [7, 11) is 1.55. The van der Waals surface area contributed by atoms with E-state index in [-0.39, 0.29) is 18.9 Å². The molecule has 10 nitrogen and oxygen atoms in total. The number of thioether (sulfide) groups is 1. The van der Waals surface area contributed by atoms with Gasteiger partial charge in [-0.3, -0.25) is 0 Å². The smallest absolute Gasteiger partial charge is 0.154 e. The van der Waals surface area contributed by atoms with Gasteiger partial charge in [0, 0.05) is 40.5 Å². The Morgan fingerprint density at radius 2 is 2.29 bits per heavy atom. The Labute approximate surface area is 196 Å². The van der Waals surface area contributed by atoms with E-state index in [9.17, 15) is 5.26 Å². The largest absolute Gasteiger partial charge is 0.395 e. The van der Waals surface area contributed by atoms with Gasteiger partial charge in [-0.05, 0) is 22.0 Å². The topological polar surface area (TPSA) is 159 Å². The molecule has 1 fully saturated rings. The number of nitrogens with zero attached hydrogens (tertiary/aromatic N) is 4. The third kappa shape index (κ3) is 6.15. The van der Waals surface area contributed by atoms with E-state index in [1.807, 2.05) is 5.38 Å². The Morgan fingerprint density at radius 1 is 1.48 bits per heavy atom. The zero-order chi connectivity index (χ0) is 22.4. The lowest BCUT2D eigenvalue weighted by atomic mass is 10.1. The molecule has 2 aromatic heterocycles. The molecule has 4 atom stereocenters. The molecule has 0 bridgehead atoms. The minimum atomic E-state index is -0.677. The van der Waals surface area contributed by atoms with Gasteiger partial charge in [-0.25, -0.2) is 15.8 Å². The van der Waals surface area contributed by atoms with Crippen LogP contribution in [0.25, 0.3) is 5.70 Å². The van der Waals surface area contributed by atoms with Crippen molar-refractivity contribution in [2.75, 3.05) is 20.3 Å². The lowest BCUT2D eigenvalue weighted by molar-refractivity contribution is -0.131. The van der Waals surface area contributed by atoms with Crippen LogP contribution in [0, 0.1) is 11.3 Å². The van der Waals surface area contributed by atoms with Gasteiger partial charge in [-0.1, -0.05) is 11.8 Å². The van der Waals surface area contributed by atoms with Gasteiger partial charge in [0.1, 0.15) is 28.8 Å². The molecule has 0 radical (unpaired) electrons. The van der Waals surface area contributed by atoms with Crippen LogP contribution in [0.5, 0.6) is 0 Å². The van der Waals surface area contributed by atoms with Gasteiger partial charge in [0.25, 0.3) is 0 Å². The van der Waals surface area contributed by atoms with Crippen LogP contribution in [0.2, 0.25) is 0 Å². The fraction of sp³-hybridized carbons (Fsp3) is 0.389. The molecule has 31 heavy (non-hydrogen) atoms. The second-order valence-corrected chi connectivity index (χ2v) is 9.40. The number of pyridine rings is 1. The summed E-state index contributed by atoms with van der Waals surface area (Å²) in [5, 5.41) is 13.3. The van der Waals surface area contributed by atoms with Crippen LogP contribution in [0.4, 0.5) is 0 Å². The summed E-state index contributed by atoms with van der Waals surface area (Å²) < 4.78 is 18.2. The quantitative estimate of drug-likeness (QED) is 0.368. The average Bonchev–Trinajstić information content (AvgIpc) is 3.27. The first-order valence-corrected chi connectivity index (χ1v) is 11.6. The van der Waals surface area contributed by atoms with E-state index < -0.39 is 23.8 Å². The van der Waals surface area contributed by atoms with Gasteiger partial charge in [0.15, 0.2) is 5.69 Å². The van der Waals surface area contributed by atoms with Crippen molar-refractivity contribution in [2.45, 2.75) is 28.7 Å². The maximum absolute atomic E-state index is 9.43. The lowest BCUT2D eigenvalue weighted by Crippen LogP contribution is -2.56. The van der Waals surface area contributed by atoms with Crippen molar-refractivity contribution in [3.05, 3.63) is 45.2 Å². The molecule has 0 spiro atoms. The van der Waals surface area contributed by atoms with Crippen molar-refractivity contribution in [2.24, 2.45) is 17.3 Å². The van der Waals surface area contributed by atoms with E-state index in [1.165, 1.54) is 28.1 Å². The van der Waals surface area contributed by atoms with Crippen molar-refractivity contribution in [3.8, 4) is 6.07 Å². The van der Waals surface area contributed by atoms with Crippen molar-refractivity contribution in [3.63, 3.8) is 0 Å². The molecule has 6 N–H and O–H groups in total. The number of aromatic nitrogens is 2. The summed E-state index contributed by atoms with van der Waals surface area (Å²) in [6.07, 6.45) is 3.56. The zero-order valence-corrected chi connectivity index (χ0v) is 19.8. The Kier molecular flexibility index (Phi) is 8.64. The highest BCUT2D eigenvalue weighted by molar-refractivity contribution is 9.10. The fourth-order valence-corrected chi connectivity index (χ4v) is 5.21. The number of ether oxygens (including phenoxy) is 3. The number of hydrazine groups is 1. The van der Waals surface area contributed by atoms with E-state index in [2.05, 4.69) is 32.0 Å². The van der Waals surface area contributed by atoms with Crippen molar-refractivity contribution in [1.82, 2.24) is 15.0 Å². The molecule has 166 valence electrons. The maximum atomic E-state index is 9.43. The Hall–Kier alpha value is -1.76. The molecule has 3 rings (SSSR count). The minimum absolute atomic E-state index is 0.172. The summed E-state index contributed by atoms with van der Waals surface area (Å²) in [5.74, 6) is 6.34. The summed E-state index contributed by atoms with van der Waals surface area (Å²) in [4.78, 5) is 8.96. The predicted octanol–water partition coefficient (Wildman–Crippen LogP) is 1.44. The molecule has 3 heterocycles. The SMILES string of the molecule is COC1C(Sc2cc(Br)cnc2C#N)OC(N)COC[C@H]1N(N)/C=C(\N)c1nccs1.